The van der Waals surface area contributed by atoms with E-state index in [1.54, 1.807) is 0 Å². The second-order valence-corrected chi connectivity index (χ2v) is 10.8. The number of tetrazole rings is 1. The summed E-state index contributed by atoms with van der Waals surface area (Å²) in [6, 6.07) is 8.37. The first-order valence-electron chi connectivity index (χ1n) is 11.6. The largest absolute Gasteiger partial charge is 0.491 e. The zero-order valence-corrected chi connectivity index (χ0v) is 21.8. The molecule has 0 saturated heterocycles. The lowest BCUT2D eigenvalue weighted by atomic mass is 9.74. The van der Waals surface area contributed by atoms with E-state index in [1.165, 1.54) is 16.9 Å². The van der Waals surface area contributed by atoms with Gasteiger partial charge in [-0.25, -0.2) is 0 Å². The van der Waals surface area contributed by atoms with Crippen LogP contribution in [-0.4, -0.2) is 44.3 Å². The molecule has 0 bridgehead atoms. The summed E-state index contributed by atoms with van der Waals surface area (Å²) in [6.45, 7) is 14.6. The maximum Gasteiger partial charge on any atom is 0.270 e. The number of ether oxygens (including phenoxy) is 1. The number of thiophene rings is 1. The molecule has 0 spiro atoms. The summed E-state index contributed by atoms with van der Waals surface area (Å²) in [7, 11) is 0. The number of aromatic amines is 1. The van der Waals surface area contributed by atoms with Crippen LogP contribution >= 0.6 is 11.3 Å². The average Bonchev–Trinajstić information content (AvgIpc) is 3.43. The van der Waals surface area contributed by atoms with Gasteiger partial charge in [0.2, 0.25) is 0 Å². The van der Waals surface area contributed by atoms with Crippen LogP contribution < -0.4 is 10.1 Å². The smallest absolute Gasteiger partial charge is 0.270 e. The van der Waals surface area contributed by atoms with Crippen molar-refractivity contribution >= 4 is 23.2 Å². The number of rotatable bonds is 9. The van der Waals surface area contributed by atoms with Crippen molar-refractivity contribution in [3.05, 3.63) is 50.7 Å². The molecule has 0 aliphatic heterocycles. The Morgan fingerprint density at radius 3 is 2.44 bits per heavy atom. The molecule has 2 aromatic heterocycles. The van der Waals surface area contributed by atoms with Crippen molar-refractivity contribution in [3.63, 3.8) is 0 Å². The lowest BCUT2D eigenvalue weighted by Gasteiger charge is -2.32. The van der Waals surface area contributed by atoms with Gasteiger partial charge in [-0.3, -0.25) is 10.1 Å². The molecule has 0 aliphatic rings. The summed E-state index contributed by atoms with van der Waals surface area (Å²) in [4.78, 5) is 14.6. The maximum absolute atomic E-state index is 12.8. The summed E-state index contributed by atoms with van der Waals surface area (Å²) in [5, 5.41) is 26.4. The molecule has 3 rings (SSSR count). The van der Waals surface area contributed by atoms with Crippen LogP contribution in [0.2, 0.25) is 0 Å². The second kappa shape index (κ2) is 10.2. The lowest BCUT2D eigenvalue weighted by molar-refractivity contribution is 0.0216. The summed E-state index contributed by atoms with van der Waals surface area (Å²) in [6.07, 6.45) is 1.22. The monoisotopic (exact) mass is 485 g/mol. The maximum atomic E-state index is 12.8. The SMILES string of the molecule is CCC(CC)(c1ccc(OC[C@@H](O)C(C)(C)C)c(C)c1)c1cc(C)c(C(=O)Nc2nn[nH]n2)s1. The van der Waals surface area contributed by atoms with E-state index in [0.29, 0.717) is 4.88 Å². The number of benzene rings is 1. The van der Waals surface area contributed by atoms with E-state index in [-0.39, 0.29) is 29.3 Å². The van der Waals surface area contributed by atoms with Crippen molar-refractivity contribution in [2.45, 2.75) is 72.8 Å². The van der Waals surface area contributed by atoms with E-state index >= 15 is 0 Å². The minimum atomic E-state index is -0.553. The fourth-order valence-corrected chi connectivity index (χ4v) is 5.41. The average molecular weight is 486 g/mol. The number of carbonyl (C=O) groups is 1. The Kier molecular flexibility index (Phi) is 7.77. The van der Waals surface area contributed by atoms with Gasteiger partial charge in [-0.1, -0.05) is 51.9 Å². The van der Waals surface area contributed by atoms with Crippen LogP contribution in [0, 0.1) is 19.3 Å². The van der Waals surface area contributed by atoms with Gasteiger partial charge >= 0.3 is 0 Å². The predicted molar refractivity (Wildman–Crippen MR) is 135 cm³/mol. The van der Waals surface area contributed by atoms with Crippen LogP contribution in [0.1, 0.15) is 78.7 Å². The predicted octanol–water partition coefficient (Wildman–Crippen LogP) is 5.02. The third-order valence-corrected chi connectivity index (χ3v) is 7.94. The van der Waals surface area contributed by atoms with Gasteiger partial charge in [-0.05, 0) is 66.1 Å². The Balaban J connectivity index is 1.89. The van der Waals surface area contributed by atoms with Crippen LogP contribution in [0.15, 0.2) is 24.3 Å². The zero-order valence-electron chi connectivity index (χ0n) is 21.0. The van der Waals surface area contributed by atoms with Gasteiger partial charge in [-0.15, -0.1) is 16.4 Å². The van der Waals surface area contributed by atoms with Gasteiger partial charge in [0.25, 0.3) is 11.9 Å². The Morgan fingerprint density at radius 1 is 1.18 bits per heavy atom. The Bertz CT molecular complexity index is 1110. The number of aliphatic hydroxyl groups is 1. The number of anilines is 1. The molecule has 184 valence electrons. The topological polar surface area (TPSA) is 113 Å². The lowest BCUT2D eigenvalue weighted by Crippen LogP contribution is -2.32. The first kappa shape index (κ1) is 25.8. The number of hydrogen-bond acceptors (Lipinski definition) is 7. The standard InChI is InChI=1S/C25H35N5O3S/c1-8-25(9-2,17-10-11-18(15(3)12-17)33-14-19(31)24(5,6)7)20-13-16(4)21(34-20)22(32)26-23-27-29-30-28-23/h10-13,19,31H,8-9,14H2,1-7H3,(H2,26,27,28,29,30,32)/t19-/m1/s1. The van der Waals surface area contributed by atoms with Gasteiger partial charge in [0.1, 0.15) is 12.4 Å². The molecule has 1 aromatic carbocycles. The number of aryl methyl sites for hydroxylation is 2. The fourth-order valence-electron chi connectivity index (χ4n) is 3.99. The molecule has 2 heterocycles. The van der Waals surface area contributed by atoms with Crippen molar-refractivity contribution < 1.29 is 14.6 Å². The van der Waals surface area contributed by atoms with Crippen molar-refractivity contribution in [1.29, 1.82) is 0 Å². The summed E-state index contributed by atoms with van der Waals surface area (Å²) in [5.41, 5.74) is 2.66. The molecule has 0 unspecified atom stereocenters. The van der Waals surface area contributed by atoms with E-state index < -0.39 is 6.10 Å². The van der Waals surface area contributed by atoms with Gasteiger partial charge in [0.15, 0.2) is 0 Å². The molecule has 0 fully saturated rings. The van der Waals surface area contributed by atoms with Crippen LogP contribution in [-0.2, 0) is 5.41 Å². The first-order chi connectivity index (χ1) is 16.0. The highest BCUT2D eigenvalue weighted by Crippen LogP contribution is 2.44. The Labute approximate surface area is 205 Å². The minimum absolute atomic E-state index is 0.152. The molecule has 1 atom stereocenters. The number of aromatic nitrogens is 4. The van der Waals surface area contributed by atoms with Gasteiger partial charge in [0, 0.05) is 10.3 Å². The summed E-state index contributed by atoms with van der Waals surface area (Å²) >= 11 is 1.50. The van der Waals surface area contributed by atoms with E-state index in [2.05, 4.69) is 58.0 Å². The molecule has 3 aromatic rings. The number of H-pyrrole nitrogens is 1. The van der Waals surface area contributed by atoms with Crippen LogP contribution in [0.5, 0.6) is 5.75 Å². The zero-order chi connectivity index (χ0) is 25.1. The second-order valence-electron chi connectivity index (χ2n) is 9.77. The third kappa shape index (κ3) is 5.31. The number of carbonyl (C=O) groups excluding carboxylic acids is 1. The van der Waals surface area contributed by atoms with E-state index in [9.17, 15) is 9.90 Å². The first-order valence-corrected chi connectivity index (χ1v) is 12.4. The highest BCUT2D eigenvalue weighted by molar-refractivity contribution is 7.14. The van der Waals surface area contributed by atoms with Crippen LogP contribution in [0.3, 0.4) is 0 Å². The summed E-state index contributed by atoms with van der Waals surface area (Å²) in [5.74, 6) is 0.684. The summed E-state index contributed by atoms with van der Waals surface area (Å²) < 4.78 is 5.95. The number of aliphatic hydroxyl groups excluding tert-OH is 1. The molecule has 9 heteroatoms. The van der Waals surface area contributed by atoms with Gasteiger partial charge in [0.05, 0.1) is 11.0 Å². The normalized spacial score (nSPS) is 13.1. The van der Waals surface area contributed by atoms with E-state index in [0.717, 1.165) is 34.6 Å². The highest BCUT2D eigenvalue weighted by Gasteiger charge is 2.34. The molecule has 1 amide bonds. The van der Waals surface area contributed by atoms with Crippen molar-refractivity contribution in [2.24, 2.45) is 5.41 Å². The molecule has 0 saturated carbocycles. The molecule has 8 nitrogen and oxygen atoms in total. The van der Waals surface area contributed by atoms with E-state index in [4.69, 9.17) is 4.74 Å². The Morgan fingerprint density at radius 2 is 1.88 bits per heavy atom. The number of amides is 1. The minimum Gasteiger partial charge on any atom is -0.491 e. The fraction of sp³-hybridized carbons (Fsp3) is 0.520. The molecular weight excluding hydrogens is 450 g/mol. The van der Waals surface area contributed by atoms with Crippen LogP contribution in [0.4, 0.5) is 5.95 Å². The van der Waals surface area contributed by atoms with Crippen molar-refractivity contribution in [3.8, 4) is 5.75 Å². The molecular formula is C25H35N5O3S. The quantitative estimate of drug-likeness (QED) is 0.392. The molecule has 3 N–H and O–H groups in total. The van der Waals surface area contributed by atoms with Crippen molar-refractivity contribution in [1.82, 2.24) is 20.6 Å². The molecule has 0 aliphatic carbocycles. The highest BCUT2D eigenvalue weighted by atomic mass is 32.1. The molecule has 0 radical (unpaired) electrons. The number of nitrogens with zero attached hydrogens (tertiary/aromatic N) is 3. The van der Waals surface area contributed by atoms with Gasteiger partial charge < -0.3 is 9.84 Å². The molecule has 34 heavy (non-hydrogen) atoms. The Hall–Kier alpha value is -2.78. The van der Waals surface area contributed by atoms with Crippen LogP contribution in [0.25, 0.3) is 0 Å². The van der Waals surface area contributed by atoms with E-state index in [1.807, 2.05) is 40.7 Å². The van der Waals surface area contributed by atoms with Crippen molar-refractivity contribution in [2.75, 3.05) is 11.9 Å². The number of nitrogens with one attached hydrogen (secondary N) is 2. The number of hydrogen-bond donors (Lipinski definition) is 3. The third-order valence-electron chi connectivity index (χ3n) is 6.50. The van der Waals surface area contributed by atoms with Gasteiger partial charge in [-0.2, -0.15) is 5.21 Å².